The summed E-state index contributed by atoms with van der Waals surface area (Å²) in [5, 5.41) is 0. The Morgan fingerprint density at radius 2 is 2.08 bits per heavy atom. The Hall–Kier alpha value is -2.24. The summed E-state index contributed by atoms with van der Waals surface area (Å²) in [6, 6.07) is 14.6. The van der Waals surface area contributed by atoms with Gasteiger partial charge in [-0.1, -0.05) is 24.3 Å². The molecule has 3 aromatic rings. The van der Waals surface area contributed by atoms with Crippen LogP contribution in [0.1, 0.15) is 11.3 Å². The molecule has 4 nitrogen and oxygen atoms in total. The highest BCUT2D eigenvalue weighted by Crippen LogP contribution is 2.34. The minimum atomic E-state index is -0.963. The Labute approximate surface area is 144 Å². The van der Waals surface area contributed by atoms with Crippen molar-refractivity contribution in [3.63, 3.8) is 0 Å². The molecule has 0 amide bonds. The molecule has 0 radical (unpaired) electrons. The summed E-state index contributed by atoms with van der Waals surface area (Å²) in [5.41, 5.74) is 5.98. The molecule has 0 bridgehead atoms. The molecule has 0 spiro atoms. The van der Waals surface area contributed by atoms with Gasteiger partial charge in [-0.3, -0.25) is 0 Å². The van der Waals surface area contributed by atoms with Gasteiger partial charge in [-0.05, 0) is 46.4 Å². The van der Waals surface area contributed by atoms with Crippen LogP contribution in [0.25, 0.3) is 11.1 Å². The number of imidazole rings is 1. The Balaban J connectivity index is 1.66. The van der Waals surface area contributed by atoms with Gasteiger partial charge in [0.2, 0.25) is 0 Å². The molecule has 0 fully saturated rings. The number of hydrogen-bond donors (Lipinski definition) is 1. The molecule has 5 heteroatoms. The first-order valence-corrected chi connectivity index (χ1v) is 9.56. The van der Waals surface area contributed by atoms with E-state index >= 15 is 0 Å². The molecule has 1 N–H and O–H groups in total. The molecule has 0 saturated carbocycles. The third-order valence-corrected chi connectivity index (χ3v) is 5.40. The predicted octanol–water partition coefficient (Wildman–Crippen LogP) is 3.38. The summed E-state index contributed by atoms with van der Waals surface area (Å²) in [6.07, 6.45) is 6.45. The topological polar surface area (TPSA) is 55.0 Å². The van der Waals surface area contributed by atoms with Crippen LogP contribution in [0.4, 0.5) is 5.69 Å². The molecule has 1 aliphatic rings. The van der Waals surface area contributed by atoms with Crippen molar-refractivity contribution >= 4 is 16.9 Å². The first-order valence-electron chi connectivity index (χ1n) is 8.00. The second-order valence-electron chi connectivity index (χ2n) is 6.06. The highest BCUT2D eigenvalue weighted by atomic mass is 32.2. The van der Waals surface area contributed by atoms with Crippen LogP contribution < -0.4 is 4.90 Å². The highest BCUT2D eigenvalue weighted by molar-refractivity contribution is 7.90. The van der Waals surface area contributed by atoms with Gasteiger partial charge in [-0.25, -0.2) is 4.98 Å². The number of hydrogen-bond acceptors (Lipinski definition) is 3. The van der Waals surface area contributed by atoms with Crippen LogP contribution in [0.3, 0.4) is 0 Å². The molecule has 2 aromatic carbocycles. The zero-order valence-electron chi connectivity index (χ0n) is 13.5. The molecule has 1 aromatic heterocycles. The monoisotopic (exact) mass is 337 g/mol. The molecular weight excluding hydrogens is 318 g/mol. The van der Waals surface area contributed by atoms with Crippen molar-refractivity contribution in [1.82, 2.24) is 9.97 Å². The fourth-order valence-corrected chi connectivity index (χ4v) is 3.78. The Bertz CT molecular complexity index is 846. The Kier molecular flexibility index (Phi) is 4.04. The van der Waals surface area contributed by atoms with Gasteiger partial charge < -0.3 is 14.4 Å². The standard InChI is InChI=1S/C19H19N3OS/c1-24(23)18-4-2-3-15(9-18)16-6-5-14-7-8-22(19(14)10-16)12-17-11-20-13-21-17/h2-6,9-11,13H,7-8,12H2,1H3,(H,20,21). The number of benzene rings is 2. The van der Waals surface area contributed by atoms with Crippen LogP contribution in [0.2, 0.25) is 0 Å². The van der Waals surface area contributed by atoms with Crippen molar-refractivity contribution in [3.05, 3.63) is 66.2 Å². The molecule has 0 saturated heterocycles. The average Bonchev–Trinajstić information content (AvgIpc) is 3.25. The molecule has 4 rings (SSSR count). The van der Waals surface area contributed by atoms with E-state index in [1.807, 2.05) is 24.4 Å². The minimum absolute atomic E-state index is 0.818. The SMILES string of the molecule is C[S+]([O-])c1cccc(-c2ccc3c(c2)N(Cc2c[nH]cn2)CC3)c1. The maximum Gasteiger partial charge on any atom is 0.153 e. The number of aromatic amines is 1. The van der Waals surface area contributed by atoms with Crippen LogP contribution in [0.15, 0.2) is 59.9 Å². The number of H-pyrrole nitrogens is 1. The molecule has 0 aliphatic carbocycles. The lowest BCUT2D eigenvalue weighted by molar-refractivity contribution is 0.601. The molecule has 1 atom stereocenters. The van der Waals surface area contributed by atoms with E-state index in [4.69, 9.17) is 0 Å². The minimum Gasteiger partial charge on any atom is -0.612 e. The van der Waals surface area contributed by atoms with Gasteiger partial charge in [0.15, 0.2) is 4.90 Å². The first-order chi connectivity index (χ1) is 11.7. The number of nitrogens with one attached hydrogen (secondary N) is 1. The number of aromatic nitrogens is 2. The zero-order valence-corrected chi connectivity index (χ0v) is 14.3. The van der Waals surface area contributed by atoms with Crippen LogP contribution >= 0.6 is 0 Å². The van der Waals surface area contributed by atoms with Gasteiger partial charge in [0.25, 0.3) is 0 Å². The summed E-state index contributed by atoms with van der Waals surface area (Å²) in [7, 11) is 0. The maximum atomic E-state index is 11.7. The largest absolute Gasteiger partial charge is 0.612 e. The van der Waals surface area contributed by atoms with Crippen LogP contribution in [-0.2, 0) is 24.1 Å². The average molecular weight is 337 g/mol. The van der Waals surface area contributed by atoms with Gasteiger partial charge in [0, 0.05) is 24.5 Å². The number of rotatable bonds is 4. The third kappa shape index (κ3) is 2.92. The summed E-state index contributed by atoms with van der Waals surface area (Å²) in [5.74, 6) is 0. The molecule has 1 aliphatic heterocycles. The molecular formula is C19H19N3OS. The molecule has 1 unspecified atom stereocenters. The smallest absolute Gasteiger partial charge is 0.153 e. The van der Waals surface area contributed by atoms with Gasteiger partial charge in [-0.15, -0.1) is 0 Å². The van der Waals surface area contributed by atoms with E-state index in [1.54, 1.807) is 12.6 Å². The molecule has 122 valence electrons. The van der Waals surface area contributed by atoms with Crippen molar-refractivity contribution in [2.75, 3.05) is 17.7 Å². The van der Waals surface area contributed by atoms with Gasteiger partial charge in [0.1, 0.15) is 6.26 Å². The fourth-order valence-electron chi connectivity index (χ4n) is 3.22. The molecule has 24 heavy (non-hydrogen) atoms. The zero-order chi connectivity index (χ0) is 16.5. The van der Waals surface area contributed by atoms with E-state index < -0.39 is 11.2 Å². The summed E-state index contributed by atoms with van der Waals surface area (Å²) in [6.45, 7) is 1.84. The quantitative estimate of drug-likeness (QED) is 0.743. The summed E-state index contributed by atoms with van der Waals surface area (Å²) < 4.78 is 11.7. The normalized spacial score (nSPS) is 14.7. The Morgan fingerprint density at radius 1 is 1.21 bits per heavy atom. The van der Waals surface area contributed by atoms with E-state index in [9.17, 15) is 4.55 Å². The lowest BCUT2D eigenvalue weighted by Gasteiger charge is -2.19. The van der Waals surface area contributed by atoms with Crippen molar-refractivity contribution in [2.45, 2.75) is 17.9 Å². The fraction of sp³-hybridized carbons (Fsp3) is 0.211. The van der Waals surface area contributed by atoms with Gasteiger partial charge >= 0.3 is 0 Å². The predicted molar refractivity (Wildman–Crippen MR) is 97.6 cm³/mol. The van der Waals surface area contributed by atoms with Crippen molar-refractivity contribution in [3.8, 4) is 11.1 Å². The lowest BCUT2D eigenvalue weighted by atomic mass is 10.0. The highest BCUT2D eigenvalue weighted by Gasteiger charge is 2.20. The van der Waals surface area contributed by atoms with E-state index in [-0.39, 0.29) is 0 Å². The second-order valence-corrected chi connectivity index (χ2v) is 7.44. The van der Waals surface area contributed by atoms with Gasteiger partial charge in [0.05, 0.1) is 18.6 Å². The molecule has 2 heterocycles. The second kappa shape index (κ2) is 6.34. The van der Waals surface area contributed by atoms with E-state index in [0.29, 0.717) is 0 Å². The number of anilines is 1. The van der Waals surface area contributed by atoms with Crippen LogP contribution in [-0.4, -0.2) is 27.3 Å². The third-order valence-electron chi connectivity index (χ3n) is 4.48. The van der Waals surface area contributed by atoms with Crippen LogP contribution in [0.5, 0.6) is 0 Å². The van der Waals surface area contributed by atoms with Gasteiger partial charge in [-0.2, -0.15) is 0 Å². The van der Waals surface area contributed by atoms with Crippen molar-refractivity contribution in [1.29, 1.82) is 0 Å². The summed E-state index contributed by atoms with van der Waals surface area (Å²) in [4.78, 5) is 10.6. The van der Waals surface area contributed by atoms with Crippen molar-refractivity contribution < 1.29 is 4.55 Å². The van der Waals surface area contributed by atoms with Crippen molar-refractivity contribution in [2.24, 2.45) is 0 Å². The van der Waals surface area contributed by atoms with E-state index in [2.05, 4.69) is 39.1 Å². The maximum absolute atomic E-state index is 11.7. The Morgan fingerprint density at radius 3 is 2.88 bits per heavy atom. The van der Waals surface area contributed by atoms with Crippen LogP contribution in [0, 0.1) is 0 Å². The van der Waals surface area contributed by atoms with E-state index in [1.165, 1.54) is 11.3 Å². The van der Waals surface area contributed by atoms with E-state index in [0.717, 1.165) is 41.2 Å². The summed E-state index contributed by atoms with van der Waals surface area (Å²) >= 11 is -0.963. The number of fused-ring (bicyclic) bond motifs is 1. The first kappa shape index (κ1) is 15.3. The number of nitrogens with zero attached hydrogens (tertiary/aromatic N) is 2. The lowest BCUT2D eigenvalue weighted by Crippen LogP contribution is -2.19.